The van der Waals surface area contributed by atoms with Crippen molar-refractivity contribution < 1.29 is 0 Å². The summed E-state index contributed by atoms with van der Waals surface area (Å²) in [5.41, 5.74) is 2.57. The fourth-order valence-corrected chi connectivity index (χ4v) is 3.60. The molecule has 0 radical (unpaired) electrons. The smallest absolute Gasteiger partial charge is 0.191 e. The van der Waals surface area contributed by atoms with Crippen LogP contribution in [0.25, 0.3) is 0 Å². The number of hydrogen-bond donors (Lipinski definition) is 2. The first-order valence-electron chi connectivity index (χ1n) is 8.58. The van der Waals surface area contributed by atoms with Crippen molar-refractivity contribution in [2.75, 3.05) is 20.1 Å². The SMILES string of the molecule is CCc1nc(CCNC(=NC)NCC(C)c2ccccc2)sc1C. The Bertz CT molecular complexity index is 649. The van der Waals surface area contributed by atoms with Crippen molar-refractivity contribution in [1.82, 2.24) is 15.6 Å². The molecule has 0 bridgehead atoms. The third-order valence-electron chi connectivity index (χ3n) is 4.07. The van der Waals surface area contributed by atoms with Gasteiger partial charge in [0.05, 0.1) is 10.7 Å². The number of guanidine groups is 1. The second-order valence-corrected chi connectivity index (χ2v) is 7.19. The molecule has 0 spiro atoms. The predicted molar refractivity (Wildman–Crippen MR) is 104 cm³/mol. The highest BCUT2D eigenvalue weighted by Crippen LogP contribution is 2.18. The molecule has 24 heavy (non-hydrogen) atoms. The molecule has 4 nitrogen and oxygen atoms in total. The molecule has 2 aromatic rings. The van der Waals surface area contributed by atoms with Crippen molar-refractivity contribution in [3.05, 3.63) is 51.5 Å². The Morgan fingerprint density at radius 1 is 1.25 bits per heavy atom. The average Bonchev–Trinajstić information content (AvgIpc) is 2.98. The molecule has 0 aliphatic carbocycles. The van der Waals surface area contributed by atoms with Gasteiger partial charge in [-0.1, -0.05) is 44.2 Å². The van der Waals surface area contributed by atoms with Crippen LogP contribution in [0.15, 0.2) is 35.3 Å². The zero-order valence-electron chi connectivity index (χ0n) is 15.1. The number of hydrogen-bond acceptors (Lipinski definition) is 3. The third kappa shape index (κ3) is 5.34. The molecule has 0 fully saturated rings. The maximum absolute atomic E-state index is 4.68. The second kappa shape index (κ2) is 9.42. The fourth-order valence-electron chi connectivity index (χ4n) is 2.58. The number of nitrogens with one attached hydrogen (secondary N) is 2. The molecule has 0 aliphatic heterocycles. The van der Waals surface area contributed by atoms with E-state index in [4.69, 9.17) is 0 Å². The van der Waals surface area contributed by atoms with E-state index in [0.29, 0.717) is 5.92 Å². The lowest BCUT2D eigenvalue weighted by molar-refractivity contribution is 0.697. The topological polar surface area (TPSA) is 49.3 Å². The van der Waals surface area contributed by atoms with Crippen molar-refractivity contribution in [1.29, 1.82) is 0 Å². The van der Waals surface area contributed by atoms with Gasteiger partial charge in [-0.25, -0.2) is 4.98 Å². The number of aryl methyl sites for hydroxylation is 2. The monoisotopic (exact) mass is 344 g/mol. The number of nitrogens with zero attached hydrogens (tertiary/aromatic N) is 2. The van der Waals surface area contributed by atoms with Crippen LogP contribution in [0.2, 0.25) is 0 Å². The van der Waals surface area contributed by atoms with Crippen LogP contribution in [-0.4, -0.2) is 31.1 Å². The van der Waals surface area contributed by atoms with Crippen molar-refractivity contribution in [2.24, 2.45) is 4.99 Å². The van der Waals surface area contributed by atoms with Gasteiger partial charge in [-0.05, 0) is 24.8 Å². The minimum atomic E-state index is 0.443. The maximum atomic E-state index is 4.68. The Balaban J connectivity index is 1.76. The molecule has 2 N–H and O–H groups in total. The molecule has 0 saturated heterocycles. The van der Waals surface area contributed by atoms with E-state index in [9.17, 15) is 0 Å². The molecule has 1 aromatic heterocycles. The van der Waals surface area contributed by atoms with Gasteiger partial charge in [0.25, 0.3) is 0 Å². The van der Waals surface area contributed by atoms with Crippen LogP contribution in [0, 0.1) is 6.92 Å². The van der Waals surface area contributed by atoms with E-state index in [2.05, 4.69) is 71.7 Å². The quantitative estimate of drug-likeness (QED) is 0.597. The zero-order valence-corrected chi connectivity index (χ0v) is 15.9. The largest absolute Gasteiger partial charge is 0.356 e. The van der Waals surface area contributed by atoms with Crippen LogP contribution in [-0.2, 0) is 12.8 Å². The molecule has 0 aliphatic rings. The highest BCUT2D eigenvalue weighted by Gasteiger charge is 2.08. The van der Waals surface area contributed by atoms with E-state index < -0.39 is 0 Å². The average molecular weight is 345 g/mol. The summed E-state index contributed by atoms with van der Waals surface area (Å²) < 4.78 is 0. The summed E-state index contributed by atoms with van der Waals surface area (Å²) in [4.78, 5) is 10.3. The molecule has 0 amide bonds. The summed E-state index contributed by atoms with van der Waals surface area (Å²) in [5.74, 6) is 1.29. The summed E-state index contributed by atoms with van der Waals surface area (Å²) in [6.07, 6.45) is 1.94. The first kappa shape index (κ1) is 18.5. The van der Waals surface area contributed by atoms with E-state index in [1.807, 2.05) is 7.05 Å². The van der Waals surface area contributed by atoms with Gasteiger partial charge in [-0.2, -0.15) is 0 Å². The summed E-state index contributed by atoms with van der Waals surface area (Å²) in [6.45, 7) is 8.23. The number of aromatic nitrogens is 1. The van der Waals surface area contributed by atoms with Crippen LogP contribution in [0.3, 0.4) is 0 Å². The lowest BCUT2D eigenvalue weighted by Gasteiger charge is -2.16. The molecule has 1 heterocycles. The van der Waals surface area contributed by atoms with E-state index >= 15 is 0 Å². The Morgan fingerprint density at radius 3 is 2.62 bits per heavy atom. The Kier molecular flexibility index (Phi) is 7.25. The lowest BCUT2D eigenvalue weighted by atomic mass is 10.0. The minimum Gasteiger partial charge on any atom is -0.356 e. The summed E-state index contributed by atoms with van der Waals surface area (Å²) in [6, 6.07) is 10.5. The van der Waals surface area contributed by atoms with Gasteiger partial charge in [0, 0.05) is 31.4 Å². The highest BCUT2D eigenvalue weighted by atomic mass is 32.1. The normalized spacial score (nSPS) is 12.9. The van der Waals surface area contributed by atoms with Crippen molar-refractivity contribution in [3.63, 3.8) is 0 Å². The van der Waals surface area contributed by atoms with Gasteiger partial charge in [-0.3, -0.25) is 4.99 Å². The molecule has 130 valence electrons. The summed E-state index contributed by atoms with van der Waals surface area (Å²) in [5, 5.41) is 7.98. The lowest BCUT2D eigenvalue weighted by Crippen LogP contribution is -2.39. The molecule has 1 unspecified atom stereocenters. The van der Waals surface area contributed by atoms with Crippen molar-refractivity contribution in [2.45, 2.75) is 39.5 Å². The molecular formula is C19H28N4S. The first-order valence-corrected chi connectivity index (χ1v) is 9.40. The molecular weight excluding hydrogens is 316 g/mol. The fraction of sp³-hybridized carbons (Fsp3) is 0.474. The molecule has 5 heteroatoms. The predicted octanol–water partition coefficient (Wildman–Crippen LogP) is 3.53. The second-order valence-electron chi connectivity index (χ2n) is 5.91. The van der Waals surface area contributed by atoms with E-state index in [1.54, 1.807) is 11.3 Å². The van der Waals surface area contributed by atoms with E-state index in [0.717, 1.165) is 31.9 Å². The Hall–Kier alpha value is -1.88. The molecule has 1 atom stereocenters. The van der Waals surface area contributed by atoms with Crippen LogP contribution >= 0.6 is 11.3 Å². The van der Waals surface area contributed by atoms with Gasteiger partial charge in [-0.15, -0.1) is 11.3 Å². The van der Waals surface area contributed by atoms with E-state index in [1.165, 1.54) is 21.1 Å². The number of rotatable bonds is 7. The Labute approximate surface area is 149 Å². The van der Waals surface area contributed by atoms with Gasteiger partial charge >= 0.3 is 0 Å². The van der Waals surface area contributed by atoms with Crippen molar-refractivity contribution >= 4 is 17.3 Å². The number of aliphatic imine (C=N–C) groups is 1. The highest BCUT2D eigenvalue weighted by molar-refractivity contribution is 7.11. The molecule has 0 saturated carbocycles. The van der Waals surface area contributed by atoms with Gasteiger partial charge < -0.3 is 10.6 Å². The first-order chi connectivity index (χ1) is 11.6. The van der Waals surface area contributed by atoms with Crippen LogP contribution < -0.4 is 10.6 Å². The third-order valence-corrected chi connectivity index (χ3v) is 5.14. The zero-order chi connectivity index (χ0) is 17.4. The van der Waals surface area contributed by atoms with Gasteiger partial charge in [0.1, 0.15) is 0 Å². The van der Waals surface area contributed by atoms with Crippen molar-refractivity contribution in [3.8, 4) is 0 Å². The van der Waals surface area contributed by atoms with E-state index in [-0.39, 0.29) is 0 Å². The number of thiazole rings is 1. The standard InChI is InChI=1S/C19H28N4S/c1-5-17-15(3)24-18(23-17)11-12-21-19(20-4)22-13-14(2)16-9-7-6-8-10-16/h6-10,14H,5,11-13H2,1-4H3,(H2,20,21,22). The summed E-state index contributed by atoms with van der Waals surface area (Å²) in [7, 11) is 1.81. The minimum absolute atomic E-state index is 0.443. The van der Waals surface area contributed by atoms with Crippen LogP contribution in [0.1, 0.15) is 40.9 Å². The van der Waals surface area contributed by atoms with Crippen LogP contribution in [0.4, 0.5) is 0 Å². The Morgan fingerprint density at radius 2 is 2.00 bits per heavy atom. The van der Waals surface area contributed by atoms with Gasteiger partial charge in [0.15, 0.2) is 5.96 Å². The van der Waals surface area contributed by atoms with Gasteiger partial charge in [0.2, 0.25) is 0 Å². The maximum Gasteiger partial charge on any atom is 0.191 e. The molecule has 1 aromatic carbocycles. The summed E-state index contributed by atoms with van der Waals surface area (Å²) >= 11 is 1.80. The molecule has 2 rings (SSSR count). The van der Waals surface area contributed by atoms with Crippen LogP contribution in [0.5, 0.6) is 0 Å². The number of benzene rings is 1.